The third-order valence-corrected chi connectivity index (χ3v) is 1.94. The van der Waals surface area contributed by atoms with E-state index >= 15 is 0 Å². The molecule has 0 N–H and O–H groups in total. The van der Waals surface area contributed by atoms with Crippen LogP contribution >= 0.6 is 11.6 Å². The number of halogens is 2. The van der Waals surface area contributed by atoms with E-state index in [2.05, 4.69) is 6.58 Å². The zero-order chi connectivity index (χ0) is 8.97. The van der Waals surface area contributed by atoms with E-state index in [9.17, 15) is 4.39 Å². The van der Waals surface area contributed by atoms with Crippen molar-refractivity contribution < 1.29 is 4.39 Å². The highest BCUT2D eigenvalue weighted by Crippen LogP contribution is 2.18. The van der Waals surface area contributed by atoms with E-state index in [0.717, 1.165) is 6.42 Å². The Morgan fingerprint density at radius 1 is 1.50 bits per heavy atom. The van der Waals surface area contributed by atoms with Gasteiger partial charge in [-0.15, -0.1) is 6.58 Å². The smallest absolute Gasteiger partial charge is 0.144 e. The minimum Gasteiger partial charge on any atom is -0.205 e. The molecule has 12 heavy (non-hydrogen) atoms. The normalized spacial score (nSPS) is 9.83. The first-order valence-electron chi connectivity index (χ1n) is 3.79. The fourth-order valence-corrected chi connectivity index (χ4v) is 1.19. The molecule has 0 heterocycles. The lowest BCUT2D eigenvalue weighted by Gasteiger charge is -2.01. The molecule has 0 spiro atoms. The van der Waals surface area contributed by atoms with Crippen LogP contribution < -0.4 is 0 Å². The number of hydrogen-bond donors (Lipinski definition) is 0. The summed E-state index contributed by atoms with van der Waals surface area (Å²) >= 11 is 5.59. The Morgan fingerprint density at radius 2 is 2.25 bits per heavy atom. The summed E-state index contributed by atoms with van der Waals surface area (Å²) in [5, 5.41) is 0.191. The largest absolute Gasteiger partial charge is 0.205 e. The third kappa shape index (κ3) is 2.08. The number of rotatable bonds is 3. The topological polar surface area (TPSA) is 0 Å². The molecule has 1 rings (SSSR count). The lowest BCUT2D eigenvalue weighted by Crippen LogP contribution is -1.89. The molecule has 0 saturated carbocycles. The van der Waals surface area contributed by atoms with Gasteiger partial charge in [-0.2, -0.15) is 0 Å². The number of hydrogen-bond acceptors (Lipinski definition) is 0. The van der Waals surface area contributed by atoms with Crippen LogP contribution in [-0.4, -0.2) is 0 Å². The molecular weight excluding hydrogens is 175 g/mol. The van der Waals surface area contributed by atoms with E-state index in [1.54, 1.807) is 24.3 Å². The van der Waals surface area contributed by atoms with Crippen molar-refractivity contribution in [3.63, 3.8) is 0 Å². The zero-order valence-corrected chi connectivity index (χ0v) is 7.44. The molecule has 64 valence electrons. The molecule has 1 aromatic rings. The second-order valence-corrected chi connectivity index (χ2v) is 2.95. The van der Waals surface area contributed by atoms with Crippen molar-refractivity contribution in [2.75, 3.05) is 0 Å². The van der Waals surface area contributed by atoms with Crippen LogP contribution in [0.2, 0.25) is 5.02 Å². The van der Waals surface area contributed by atoms with Crippen molar-refractivity contribution in [3.8, 4) is 0 Å². The molecule has 2 heteroatoms. The minimum atomic E-state index is -0.305. The summed E-state index contributed by atoms with van der Waals surface area (Å²) in [5.74, 6) is -0.305. The van der Waals surface area contributed by atoms with Gasteiger partial charge in [-0.1, -0.05) is 29.8 Å². The highest BCUT2D eigenvalue weighted by atomic mass is 35.5. The van der Waals surface area contributed by atoms with Gasteiger partial charge < -0.3 is 0 Å². The van der Waals surface area contributed by atoms with Gasteiger partial charge in [-0.25, -0.2) is 4.39 Å². The summed E-state index contributed by atoms with van der Waals surface area (Å²) in [7, 11) is 0. The minimum absolute atomic E-state index is 0.191. The zero-order valence-electron chi connectivity index (χ0n) is 6.69. The molecule has 0 aromatic heterocycles. The van der Waals surface area contributed by atoms with Gasteiger partial charge in [0, 0.05) is 0 Å². The van der Waals surface area contributed by atoms with Gasteiger partial charge in [0.05, 0.1) is 5.02 Å². The summed E-state index contributed by atoms with van der Waals surface area (Å²) in [5.41, 5.74) is 0.655. The Morgan fingerprint density at radius 3 is 2.92 bits per heavy atom. The lowest BCUT2D eigenvalue weighted by atomic mass is 10.1. The van der Waals surface area contributed by atoms with Crippen molar-refractivity contribution in [1.82, 2.24) is 0 Å². The molecule has 0 aliphatic carbocycles. The lowest BCUT2D eigenvalue weighted by molar-refractivity contribution is 0.610. The van der Waals surface area contributed by atoms with Crippen molar-refractivity contribution in [2.45, 2.75) is 12.8 Å². The first-order chi connectivity index (χ1) is 5.75. The van der Waals surface area contributed by atoms with Gasteiger partial charge in [-0.05, 0) is 24.5 Å². The van der Waals surface area contributed by atoms with Crippen molar-refractivity contribution in [3.05, 3.63) is 47.3 Å². The molecule has 0 aliphatic rings. The Kier molecular flexibility index (Phi) is 3.30. The number of benzene rings is 1. The maximum atomic E-state index is 13.2. The van der Waals surface area contributed by atoms with Crippen LogP contribution in [-0.2, 0) is 6.42 Å². The average molecular weight is 185 g/mol. The van der Waals surface area contributed by atoms with E-state index < -0.39 is 0 Å². The van der Waals surface area contributed by atoms with Gasteiger partial charge in [0.15, 0.2) is 0 Å². The van der Waals surface area contributed by atoms with Crippen molar-refractivity contribution in [2.24, 2.45) is 0 Å². The predicted octanol–water partition coefficient (Wildman–Crippen LogP) is 3.60. The van der Waals surface area contributed by atoms with Gasteiger partial charge in [0.1, 0.15) is 5.82 Å². The maximum Gasteiger partial charge on any atom is 0.144 e. The molecule has 0 atom stereocenters. The molecule has 0 aliphatic heterocycles. The molecular formula is C10H10ClF. The van der Waals surface area contributed by atoms with Crippen LogP contribution in [0.25, 0.3) is 0 Å². The van der Waals surface area contributed by atoms with Crippen LogP contribution in [0.15, 0.2) is 30.9 Å². The van der Waals surface area contributed by atoms with E-state index in [4.69, 9.17) is 11.6 Å². The molecule has 0 radical (unpaired) electrons. The van der Waals surface area contributed by atoms with Crippen LogP contribution in [0.5, 0.6) is 0 Å². The molecule has 0 saturated heterocycles. The monoisotopic (exact) mass is 184 g/mol. The predicted molar refractivity (Wildman–Crippen MR) is 49.9 cm³/mol. The highest BCUT2D eigenvalue weighted by Gasteiger charge is 2.03. The van der Waals surface area contributed by atoms with Crippen LogP contribution in [0.3, 0.4) is 0 Å². The molecule has 0 fully saturated rings. The Balaban J connectivity index is 2.84. The molecule has 1 aromatic carbocycles. The molecule has 0 amide bonds. The van der Waals surface area contributed by atoms with Crippen LogP contribution in [0.4, 0.5) is 4.39 Å². The van der Waals surface area contributed by atoms with Crippen LogP contribution in [0.1, 0.15) is 12.0 Å². The number of aryl methyl sites for hydroxylation is 1. The van der Waals surface area contributed by atoms with E-state index in [1.807, 2.05) is 0 Å². The van der Waals surface area contributed by atoms with E-state index in [0.29, 0.717) is 12.0 Å². The van der Waals surface area contributed by atoms with Gasteiger partial charge in [0.2, 0.25) is 0 Å². The van der Waals surface area contributed by atoms with Crippen molar-refractivity contribution >= 4 is 11.6 Å². The third-order valence-electron chi connectivity index (χ3n) is 1.65. The second-order valence-electron chi connectivity index (χ2n) is 2.54. The second kappa shape index (κ2) is 4.27. The number of allylic oxidation sites excluding steroid dienone is 1. The quantitative estimate of drug-likeness (QED) is 0.630. The van der Waals surface area contributed by atoms with Gasteiger partial charge >= 0.3 is 0 Å². The highest BCUT2D eigenvalue weighted by molar-refractivity contribution is 6.30. The maximum absolute atomic E-state index is 13.2. The fraction of sp³-hybridized carbons (Fsp3) is 0.200. The Hall–Kier alpha value is -0.820. The summed E-state index contributed by atoms with van der Waals surface area (Å²) in [6, 6.07) is 5.04. The first kappa shape index (κ1) is 9.27. The summed E-state index contributed by atoms with van der Waals surface area (Å²) in [6.07, 6.45) is 3.20. The molecule has 0 unspecified atom stereocenters. The Labute approximate surface area is 76.7 Å². The summed E-state index contributed by atoms with van der Waals surface area (Å²) < 4.78 is 13.2. The first-order valence-corrected chi connectivity index (χ1v) is 4.17. The molecule has 0 bridgehead atoms. The average Bonchev–Trinajstić information content (AvgIpc) is 2.08. The molecule has 0 nitrogen and oxygen atoms in total. The van der Waals surface area contributed by atoms with Crippen molar-refractivity contribution in [1.29, 1.82) is 0 Å². The summed E-state index contributed by atoms with van der Waals surface area (Å²) in [6.45, 7) is 3.57. The summed E-state index contributed by atoms with van der Waals surface area (Å²) in [4.78, 5) is 0. The standard InChI is InChI=1S/C10H10ClF/c1-2-3-5-8-6-4-7-9(11)10(8)12/h2,4,6-7H,1,3,5H2. The van der Waals surface area contributed by atoms with E-state index in [1.165, 1.54) is 0 Å². The Bertz CT molecular complexity index is 281. The van der Waals surface area contributed by atoms with Gasteiger partial charge in [-0.3, -0.25) is 0 Å². The van der Waals surface area contributed by atoms with Gasteiger partial charge in [0.25, 0.3) is 0 Å². The fourth-order valence-electron chi connectivity index (χ4n) is 0.999. The van der Waals surface area contributed by atoms with Crippen LogP contribution in [0, 0.1) is 5.82 Å². The SMILES string of the molecule is C=CCCc1cccc(Cl)c1F. The van der Waals surface area contributed by atoms with E-state index in [-0.39, 0.29) is 10.8 Å².